The molecule has 9 heteroatoms. The van der Waals surface area contributed by atoms with Crippen molar-refractivity contribution in [2.75, 3.05) is 5.32 Å². The van der Waals surface area contributed by atoms with E-state index >= 15 is 0 Å². The van der Waals surface area contributed by atoms with Crippen molar-refractivity contribution in [3.05, 3.63) is 58.9 Å². The molecule has 0 aliphatic carbocycles. The van der Waals surface area contributed by atoms with Gasteiger partial charge < -0.3 is 10.1 Å². The number of esters is 1. The van der Waals surface area contributed by atoms with Crippen LogP contribution in [0.1, 0.15) is 17.3 Å². The number of anilines is 1. The predicted octanol–water partition coefficient (Wildman–Crippen LogP) is 3.90. The lowest BCUT2D eigenvalue weighted by atomic mass is 10.2. The number of amides is 1. The molecule has 1 N–H and O–H groups in total. The van der Waals surface area contributed by atoms with Crippen LogP contribution in [0.15, 0.2) is 35.8 Å². The predicted molar refractivity (Wildman–Crippen MR) is 89.4 cm³/mol. The Kier molecular flexibility index (Phi) is 4.90. The van der Waals surface area contributed by atoms with Crippen LogP contribution in [0.4, 0.5) is 18.9 Å². The normalized spacial score (nSPS) is 12.0. The van der Waals surface area contributed by atoms with Crippen LogP contribution in [0.2, 0.25) is 0 Å². The molecule has 0 unspecified atom stereocenters. The summed E-state index contributed by atoms with van der Waals surface area (Å²) in [6, 6.07) is 6.27. The summed E-state index contributed by atoms with van der Waals surface area (Å²) in [6.07, 6.45) is -1.29. The first kappa shape index (κ1) is 17.9. The Morgan fingerprint density at radius 3 is 2.69 bits per heavy atom. The van der Waals surface area contributed by atoms with Crippen LogP contribution < -0.4 is 5.32 Å². The molecule has 1 amide bonds. The molecule has 1 aromatic heterocycles. The van der Waals surface area contributed by atoms with E-state index in [0.717, 1.165) is 16.3 Å². The molecule has 5 nitrogen and oxygen atoms in total. The van der Waals surface area contributed by atoms with Gasteiger partial charge in [-0.25, -0.2) is 22.9 Å². The maximum atomic E-state index is 13.6. The second-order valence-electron chi connectivity index (χ2n) is 5.29. The van der Waals surface area contributed by atoms with E-state index in [2.05, 4.69) is 10.3 Å². The number of fused-ring (bicyclic) bond motifs is 1. The fourth-order valence-electron chi connectivity index (χ4n) is 2.12. The molecule has 134 valence electrons. The van der Waals surface area contributed by atoms with E-state index in [9.17, 15) is 22.8 Å². The first-order valence-corrected chi connectivity index (χ1v) is 8.23. The summed E-state index contributed by atoms with van der Waals surface area (Å²) in [6.45, 7) is 1.27. The summed E-state index contributed by atoms with van der Waals surface area (Å²) in [5.41, 5.74) is 2.03. The number of halogens is 3. The largest absolute Gasteiger partial charge is 0.449 e. The lowest BCUT2D eigenvalue weighted by Crippen LogP contribution is -2.30. The zero-order valence-corrected chi connectivity index (χ0v) is 14.1. The van der Waals surface area contributed by atoms with E-state index < -0.39 is 41.1 Å². The third-order valence-corrected chi connectivity index (χ3v) is 4.30. The quantitative estimate of drug-likeness (QED) is 0.551. The number of thiazole rings is 1. The van der Waals surface area contributed by atoms with Gasteiger partial charge in [-0.05, 0) is 37.3 Å². The number of hydrogen-bond acceptors (Lipinski definition) is 5. The fraction of sp³-hybridized carbons (Fsp3) is 0.118. The summed E-state index contributed by atoms with van der Waals surface area (Å²) in [5, 5.41) is 2.05. The topological polar surface area (TPSA) is 68.3 Å². The number of benzene rings is 2. The molecule has 3 aromatic rings. The number of carbonyl (C=O) groups is 2. The second kappa shape index (κ2) is 7.12. The molecule has 0 saturated carbocycles. The number of nitrogens with zero attached hydrogens (tertiary/aromatic N) is 1. The molecule has 0 spiro atoms. The number of aromatic nitrogens is 1. The molecule has 1 heterocycles. The SMILES string of the molecule is C[C@H](OC(=O)c1ccc2ncsc2c1)C(=O)Nc1ccc(F)c(F)c1F. The van der Waals surface area contributed by atoms with Crippen molar-refractivity contribution in [2.24, 2.45) is 0 Å². The number of carbonyl (C=O) groups excluding carboxylic acids is 2. The summed E-state index contributed by atoms with van der Waals surface area (Å²) < 4.78 is 45.5. The van der Waals surface area contributed by atoms with Crippen LogP contribution in [-0.4, -0.2) is 23.0 Å². The summed E-state index contributed by atoms with van der Waals surface area (Å²) in [7, 11) is 0. The van der Waals surface area contributed by atoms with Crippen molar-refractivity contribution in [3.63, 3.8) is 0 Å². The first-order valence-electron chi connectivity index (χ1n) is 7.35. The van der Waals surface area contributed by atoms with Gasteiger partial charge in [-0.15, -0.1) is 11.3 Å². The number of ether oxygens (including phenoxy) is 1. The van der Waals surface area contributed by atoms with E-state index in [1.807, 2.05) is 0 Å². The second-order valence-corrected chi connectivity index (χ2v) is 6.18. The molecular weight excluding hydrogens is 369 g/mol. The smallest absolute Gasteiger partial charge is 0.338 e. The van der Waals surface area contributed by atoms with Gasteiger partial charge in [-0.3, -0.25) is 4.79 Å². The van der Waals surface area contributed by atoms with Gasteiger partial charge in [-0.1, -0.05) is 0 Å². The summed E-state index contributed by atoms with van der Waals surface area (Å²) in [5.74, 6) is -6.26. The highest BCUT2D eigenvalue weighted by Gasteiger charge is 2.22. The third kappa shape index (κ3) is 3.52. The zero-order valence-electron chi connectivity index (χ0n) is 13.3. The lowest BCUT2D eigenvalue weighted by molar-refractivity contribution is -0.123. The monoisotopic (exact) mass is 380 g/mol. The van der Waals surface area contributed by atoms with Crippen LogP contribution in [0.25, 0.3) is 10.2 Å². The van der Waals surface area contributed by atoms with Crippen molar-refractivity contribution < 1.29 is 27.5 Å². The van der Waals surface area contributed by atoms with E-state index in [0.29, 0.717) is 6.07 Å². The van der Waals surface area contributed by atoms with Crippen LogP contribution in [0.5, 0.6) is 0 Å². The molecule has 26 heavy (non-hydrogen) atoms. The van der Waals surface area contributed by atoms with Gasteiger partial charge in [0.1, 0.15) is 0 Å². The van der Waals surface area contributed by atoms with E-state index in [4.69, 9.17) is 4.74 Å². The van der Waals surface area contributed by atoms with Crippen molar-refractivity contribution >= 4 is 39.1 Å². The van der Waals surface area contributed by atoms with Gasteiger partial charge in [0.15, 0.2) is 23.6 Å². The van der Waals surface area contributed by atoms with Crippen molar-refractivity contribution in [3.8, 4) is 0 Å². The Bertz CT molecular complexity index is 1010. The Labute approximate surface area is 149 Å². The van der Waals surface area contributed by atoms with Gasteiger partial charge in [0.25, 0.3) is 5.91 Å². The highest BCUT2D eigenvalue weighted by atomic mass is 32.1. The Balaban J connectivity index is 1.68. The van der Waals surface area contributed by atoms with Gasteiger partial charge in [0.2, 0.25) is 0 Å². The molecule has 0 fully saturated rings. The molecule has 3 rings (SSSR count). The molecule has 0 bridgehead atoms. The van der Waals surface area contributed by atoms with Gasteiger partial charge in [-0.2, -0.15) is 0 Å². The molecule has 1 atom stereocenters. The molecule has 0 aliphatic rings. The molecule has 0 aliphatic heterocycles. The average molecular weight is 380 g/mol. The van der Waals surface area contributed by atoms with Crippen LogP contribution in [0, 0.1) is 17.5 Å². The zero-order chi connectivity index (χ0) is 18.8. The minimum Gasteiger partial charge on any atom is -0.449 e. The van der Waals surface area contributed by atoms with Crippen molar-refractivity contribution in [1.29, 1.82) is 0 Å². The Morgan fingerprint density at radius 2 is 1.92 bits per heavy atom. The fourth-order valence-corrected chi connectivity index (χ4v) is 2.84. The highest BCUT2D eigenvalue weighted by molar-refractivity contribution is 7.16. The summed E-state index contributed by atoms with van der Waals surface area (Å²) >= 11 is 1.34. The summed E-state index contributed by atoms with van der Waals surface area (Å²) in [4.78, 5) is 28.2. The minimum atomic E-state index is -1.70. The molecule has 0 saturated heterocycles. The van der Waals surface area contributed by atoms with Crippen LogP contribution in [-0.2, 0) is 9.53 Å². The standard InChI is InChI=1S/C17H11F3N2O3S/c1-8(16(23)22-12-5-3-10(18)14(19)15(12)20)25-17(24)9-2-4-11-13(6-9)26-7-21-11/h2-8H,1H3,(H,22,23)/t8-/m0/s1. The Hall–Kier alpha value is -2.94. The lowest BCUT2D eigenvalue weighted by Gasteiger charge is -2.14. The average Bonchev–Trinajstić information content (AvgIpc) is 3.09. The molecule has 0 radical (unpaired) electrons. The maximum absolute atomic E-state index is 13.6. The number of hydrogen-bond donors (Lipinski definition) is 1. The van der Waals surface area contributed by atoms with Gasteiger partial charge in [0.05, 0.1) is 27.0 Å². The van der Waals surface area contributed by atoms with Crippen molar-refractivity contribution in [2.45, 2.75) is 13.0 Å². The van der Waals surface area contributed by atoms with E-state index in [-0.39, 0.29) is 5.56 Å². The first-order chi connectivity index (χ1) is 12.4. The van der Waals surface area contributed by atoms with Gasteiger partial charge in [0, 0.05) is 0 Å². The van der Waals surface area contributed by atoms with Crippen LogP contribution in [0.3, 0.4) is 0 Å². The molecule has 2 aromatic carbocycles. The Morgan fingerprint density at radius 1 is 1.15 bits per heavy atom. The van der Waals surface area contributed by atoms with E-state index in [1.54, 1.807) is 17.6 Å². The number of rotatable bonds is 4. The maximum Gasteiger partial charge on any atom is 0.338 e. The third-order valence-electron chi connectivity index (χ3n) is 3.51. The van der Waals surface area contributed by atoms with E-state index in [1.165, 1.54) is 24.3 Å². The molecular formula is C17H11F3N2O3S. The van der Waals surface area contributed by atoms with Crippen molar-refractivity contribution in [1.82, 2.24) is 4.98 Å². The van der Waals surface area contributed by atoms with Crippen LogP contribution >= 0.6 is 11.3 Å². The highest BCUT2D eigenvalue weighted by Crippen LogP contribution is 2.21. The van der Waals surface area contributed by atoms with Gasteiger partial charge >= 0.3 is 5.97 Å². The minimum absolute atomic E-state index is 0.223. The number of nitrogens with one attached hydrogen (secondary N) is 1.